The average Bonchev–Trinajstić information content (AvgIpc) is 2.87. The largest absolute Gasteiger partial charge is 0.432 e. The first kappa shape index (κ1) is 28.5. The summed E-state index contributed by atoms with van der Waals surface area (Å²) in [6.45, 7) is 2.19. The van der Waals surface area contributed by atoms with Crippen molar-refractivity contribution >= 4 is 0 Å². The topological polar surface area (TPSA) is 9.23 Å². The van der Waals surface area contributed by atoms with Crippen molar-refractivity contribution in [1.29, 1.82) is 0 Å². The third kappa shape index (κ3) is 6.55. The van der Waals surface area contributed by atoms with Gasteiger partial charge in [0.15, 0.2) is 17.5 Å². The van der Waals surface area contributed by atoms with Gasteiger partial charge in [-0.3, -0.25) is 0 Å². The molecule has 0 radical (unpaired) electrons. The SMILES string of the molecule is CCCCCC1=CCC(C2CCC(C(F)(F)Oc3cc(F)c(-c4cc(F)c(F)c(F)c4)c(F)c3)CC2)CC1. The van der Waals surface area contributed by atoms with Crippen molar-refractivity contribution in [3.05, 3.63) is 65.0 Å². The predicted molar refractivity (Wildman–Crippen MR) is 132 cm³/mol. The molecule has 2 aliphatic rings. The Labute approximate surface area is 219 Å². The van der Waals surface area contributed by atoms with Crippen LogP contribution in [0.4, 0.5) is 30.7 Å². The summed E-state index contributed by atoms with van der Waals surface area (Å²) in [5.41, 5.74) is 0.0520. The van der Waals surface area contributed by atoms with Gasteiger partial charge in [-0.25, -0.2) is 22.0 Å². The van der Waals surface area contributed by atoms with Crippen LogP contribution in [-0.4, -0.2) is 6.11 Å². The Morgan fingerprint density at radius 3 is 1.97 bits per heavy atom. The molecule has 0 amide bonds. The summed E-state index contributed by atoms with van der Waals surface area (Å²) in [6, 6.07) is 1.96. The van der Waals surface area contributed by atoms with Crippen molar-refractivity contribution in [3.63, 3.8) is 0 Å². The van der Waals surface area contributed by atoms with Crippen LogP contribution in [0.25, 0.3) is 11.1 Å². The Balaban J connectivity index is 1.36. The third-order valence-electron chi connectivity index (χ3n) is 8.10. The lowest BCUT2D eigenvalue weighted by Gasteiger charge is -2.37. The Hall–Kier alpha value is -2.51. The predicted octanol–water partition coefficient (Wildman–Crippen LogP) is 10.1. The van der Waals surface area contributed by atoms with Gasteiger partial charge in [-0.05, 0) is 87.3 Å². The number of benzene rings is 2. The van der Waals surface area contributed by atoms with Crippen LogP contribution in [0.5, 0.6) is 5.75 Å². The van der Waals surface area contributed by atoms with E-state index in [1.54, 1.807) is 0 Å². The fraction of sp³-hybridized carbons (Fsp3) is 0.533. The highest BCUT2D eigenvalue weighted by molar-refractivity contribution is 5.66. The minimum atomic E-state index is -3.64. The Morgan fingerprint density at radius 2 is 1.42 bits per heavy atom. The fourth-order valence-electron chi connectivity index (χ4n) is 5.92. The van der Waals surface area contributed by atoms with E-state index in [0.717, 1.165) is 25.7 Å². The lowest BCUT2D eigenvalue weighted by atomic mass is 9.71. The van der Waals surface area contributed by atoms with Gasteiger partial charge in [-0.2, -0.15) is 8.78 Å². The van der Waals surface area contributed by atoms with Crippen LogP contribution < -0.4 is 4.74 Å². The summed E-state index contributed by atoms with van der Waals surface area (Å²) in [7, 11) is 0. The number of unbranched alkanes of at least 4 members (excludes halogenated alkanes) is 2. The molecule has 1 unspecified atom stereocenters. The summed E-state index contributed by atoms with van der Waals surface area (Å²) in [5.74, 6) is -8.69. The number of hydrogen-bond donors (Lipinski definition) is 0. The zero-order chi connectivity index (χ0) is 27.4. The summed E-state index contributed by atoms with van der Waals surface area (Å²) in [6.07, 6.45) is 8.46. The van der Waals surface area contributed by atoms with E-state index in [1.807, 2.05) is 0 Å². The van der Waals surface area contributed by atoms with E-state index in [-0.39, 0.29) is 12.8 Å². The molecule has 0 spiro atoms. The van der Waals surface area contributed by atoms with Crippen molar-refractivity contribution in [2.75, 3.05) is 0 Å². The highest BCUT2D eigenvalue weighted by Crippen LogP contribution is 2.45. The number of allylic oxidation sites excluding steroid dienone is 2. The zero-order valence-electron chi connectivity index (χ0n) is 21.5. The molecule has 1 nitrogen and oxygen atoms in total. The van der Waals surface area contributed by atoms with Crippen molar-refractivity contribution < 1.29 is 35.5 Å². The van der Waals surface area contributed by atoms with Gasteiger partial charge < -0.3 is 4.74 Å². The quantitative estimate of drug-likeness (QED) is 0.133. The van der Waals surface area contributed by atoms with E-state index in [4.69, 9.17) is 4.74 Å². The summed E-state index contributed by atoms with van der Waals surface area (Å²) in [4.78, 5) is 0. The number of hydrogen-bond acceptors (Lipinski definition) is 1. The normalized spacial score (nSPS) is 22.3. The molecule has 1 fully saturated rings. The number of ether oxygens (including phenoxy) is 1. The van der Waals surface area contributed by atoms with Crippen molar-refractivity contribution in [2.24, 2.45) is 17.8 Å². The van der Waals surface area contributed by atoms with E-state index >= 15 is 0 Å². The van der Waals surface area contributed by atoms with Crippen LogP contribution in [0.3, 0.4) is 0 Å². The smallest absolute Gasteiger partial charge is 0.400 e. The van der Waals surface area contributed by atoms with Crippen molar-refractivity contribution in [2.45, 2.75) is 83.7 Å². The Bertz CT molecular complexity index is 1110. The summed E-state index contributed by atoms with van der Waals surface area (Å²) >= 11 is 0. The first-order valence-corrected chi connectivity index (χ1v) is 13.5. The molecule has 0 aliphatic heterocycles. The first-order valence-electron chi connectivity index (χ1n) is 13.5. The minimum absolute atomic E-state index is 0.248. The Morgan fingerprint density at radius 1 is 0.789 bits per heavy atom. The van der Waals surface area contributed by atoms with E-state index in [1.165, 1.54) is 24.8 Å². The first-order chi connectivity index (χ1) is 18.1. The van der Waals surface area contributed by atoms with Crippen LogP contribution in [0.15, 0.2) is 35.9 Å². The van der Waals surface area contributed by atoms with Crippen LogP contribution >= 0.6 is 0 Å². The van der Waals surface area contributed by atoms with Gasteiger partial charge in [0.2, 0.25) is 0 Å². The van der Waals surface area contributed by atoms with Gasteiger partial charge in [0.25, 0.3) is 0 Å². The molecule has 2 aromatic carbocycles. The average molecular weight is 543 g/mol. The lowest BCUT2D eigenvalue weighted by Crippen LogP contribution is -2.38. The number of halogens is 7. The Kier molecular flexibility index (Phi) is 9.09. The molecule has 0 heterocycles. The molecule has 8 heteroatoms. The van der Waals surface area contributed by atoms with Gasteiger partial charge >= 0.3 is 6.11 Å². The van der Waals surface area contributed by atoms with Crippen LogP contribution in [0, 0.1) is 46.8 Å². The molecule has 0 N–H and O–H groups in total. The second-order valence-corrected chi connectivity index (χ2v) is 10.6. The molecular weight excluding hydrogens is 509 g/mol. The third-order valence-corrected chi connectivity index (χ3v) is 8.10. The second kappa shape index (κ2) is 12.1. The van der Waals surface area contributed by atoms with Gasteiger partial charge in [-0.1, -0.05) is 31.4 Å². The van der Waals surface area contributed by atoms with Gasteiger partial charge in [0, 0.05) is 12.1 Å². The molecule has 38 heavy (non-hydrogen) atoms. The van der Waals surface area contributed by atoms with Crippen molar-refractivity contribution in [3.8, 4) is 16.9 Å². The molecule has 1 saturated carbocycles. The maximum Gasteiger partial charge on any atom is 0.400 e. The second-order valence-electron chi connectivity index (χ2n) is 10.6. The molecule has 0 bridgehead atoms. The zero-order valence-corrected chi connectivity index (χ0v) is 21.5. The maximum absolute atomic E-state index is 15.0. The maximum atomic E-state index is 15.0. The van der Waals surface area contributed by atoms with Gasteiger partial charge in [0.1, 0.15) is 17.4 Å². The molecule has 1 atom stereocenters. The molecular formula is C30H33F7O. The standard InChI is InChI=1S/C30H33F7O/c1-2-3-4-5-18-6-8-19(9-7-18)20-10-12-22(13-11-20)30(36,37)38-23-16-24(31)28(25(32)17-23)21-14-26(33)29(35)27(34)15-21/h6,14-17,19-20,22H,2-5,7-13H2,1H3. The monoisotopic (exact) mass is 542 g/mol. The van der Waals surface area contributed by atoms with E-state index in [9.17, 15) is 30.7 Å². The molecule has 2 aliphatic carbocycles. The highest BCUT2D eigenvalue weighted by atomic mass is 19.3. The molecule has 2 aromatic rings. The van der Waals surface area contributed by atoms with Crippen LogP contribution in [-0.2, 0) is 0 Å². The number of alkyl halides is 2. The summed E-state index contributed by atoms with van der Waals surface area (Å²) in [5, 5.41) is 0. The van der Waals surface area contributed by atoms with Crippen LogP contribution in [0.2, 0.25) is 0 Å². The molecule has 208 valence electrons. The molecule has 4 rings (SSSR count). The lowest BCUT2D eigenvalue weighted by molar-refractivity contribution is -0.224. The van der Waals surface area contributed by atoms with Gasteiger partial charge in [0.05, 0.1) is 11.5 Å². The van der Waals surface area contributed by atoms with Gasteiger partial charge in [-0.15, -0.1) is 0 Å². The summed E-state index contributed by atoms with van der Waals surface area (Å²) < 4.78 is 104. The molecule has 0 aromatic heterocycles. The highest BCUT2D eigenvalue weighted by Gasteiger charge is 2.45. The minimum Gasteiger partial charge on any atom is -0.432 e. The number of rotatable bonds is 9. The molecule has 0 saturated heterocycles. The van der Waals surface area contributed by atoms with E-state index < -0.39 is 58.0 Å². The van der Waals surface area contributed by atoms with E-state index in [0.29, 0.717) is 48.9 Å². The van der Waals surface area contributed by atoms with Crippen molar-refractivity contribution in [1.82, 2.24) is 0 Å². The van der Waals surface area contributed by atoms with E-state index in [2.05, 4.69) is 13.0 Å². The fourth-order valence-corrected chi connectivity index (χ4v) is 5.92. The van der Waals surface area contributed by atoms with Crippen LogP contribution in [0.1, 0.15) is 77.6 Å².